The largest absolute Gasteiger partial charge is 0.381 e. The Bertz CT molecular complexity index is 1000. The topological polar surface area (TPSA) is 41.1 Å². The van der Waals surface area contributed by atoms with Crippen LogP contribution in [0.1, 0.15) is 28.4 Å². The molecule has 0 atom stereocenters. The number of para-hydroxylation sites is 1. The third kappa shape index (κ3) is 4.99. The van der Waals surface area contributed by atoms with Crippen molar-refractivity contribution < 1.29 is 4.79 Å². The maximum Gasteiger partial charge on any atom is 0.255 e. The summed E-state index contributed by atoms with van der Waals surface area (Å²) >= 11 is 18.1. The highest BCUT2D eigenvalue weighted by Gasteiger charge is 2.12. The zero-order chi connectivity index (χ0) is 20.1. The molecule has 28 heavy (non-hydrogen) atoms. The van der Waals surface area contributed by atoms with Crippen LogP contribution in [-0.2, 0) is 13.0 Å². The molecule has 0 bridgehead atoms. The van der Waals surface area contributed by atoms with Crippen LogP contribution in [0.2, 0.25) is 15.1 Å². The average Bonchev–Trinajstić information content (AvgIpc) is 2.70. The highest BCUT2D eigenvalue weighted by Crippen LogP contribution is 2.32. The van der Waals surface area contributed by atoms with Crippen molar-refractivity contribution in [3.05, 3.63) is 92.4 Å². The van der Waals surface area contributed by atoms with Gasteiger partial charge in [-0.05, 0) is 47.9 Å². The van der Waals surface area contributed by atoms with Gasteiger partial charge < -0.3 is 10.6 Å². The van der Waals surface area contributed by atoms with Crippen molar-refractivity contribution >= 4 is 52.1 Å². The standard InChI is InChI=1S/C22H19Cl3N2O/c1-2-15-7-3-4-9-20(15)26-13-14-6-5-8-16(10-14)22(28)27-21-12-18(24)17(23)11-19(21)25/h3-12,26H,2,13H2,1H3,(H,27,28). The van der Waals surface area contributed by atoms with Gasteiger partial charge in [0.15, 0.2) is 0 Å². The Morgan fingerprint density at radius 3 is 2.39 bits per heavy atom. The lowest BCUT2D eigenvalue weighted by molar-refractivity contribution is 0.102. The summed E-state index contributed by atoms with van der Waals surface area (Å²) < 4.78 is 0. The predicted octanol–water partition coefficient (Wildman–Crippen LogP) is 7.07. The number of carbonyl (C=O) groups is 1. The third-order valence-corrected chi connectivity index (χ3v) is 5.36. The maximum absolute atomic E-state index is 12.6. The van der Waals surface area contributed by atoms with Crippen LogP contribution in [0.5, 0.6) is 0 Å². The fourth-order valence-corrected chi connectivity index (χ4v) is 3.43. The number of nitrogens with one attached hydrogen (secondary N) is 2. The number of amides is 1. The second-order valence-corrected chi connectivity index (χ2v) is 7.49. The lowest BCUT2D eigenvalue weighted by Crippen LogP contribution is -2.13. The number of hydrogen-bond donors (Lipinski definition) is 2. The summed E-state index contributed by atoms with van der Waals surface area (Å²) in [5.41, 5.74) is 4.30. The molecule has 3 rings (SSSR count). The van der Waals surface area contributed by atoms with Crippen LogP contribution in [0.4, 0.5) is 11.4 Å². The second kappa shape index (κ2) is 9.33. The molecule has 3 aromatic carbocycles. The van der Waals surface area contributed by atoms with E-state index in [1.54, 1.807) is 6.07 Å². The molecule has 0 aliphatic heterocycles. The van der Waals surface area contributed by atoms with Gasteiger partial charge in [-0.15, -0.1) is 0 Å². The smallest absolute Gasteiger partial charge is 0.255 e. The van der Waals surface area contributed by atoms with Crippen molar-refractivity contribution in [3.63, 3.8) is 0 Å². The van der Waals surface area contributed by atoms with Gasteiger partial charge in [0.25, 0.3) is 5.91 Å². The van der Waals surface area contributed by atoms with Gasteiger partial charge in [0.2, 0.25) is 0 Å². The molecule has 0 radical (unpaired) electrons. The molecule has 0 aromatic heterocycles. The molecule has 1 amide bonds. The molecule has 3 aromatic rings. The summed E-state index contributed by atoms with van der Waals surface area (Å²) in [6, 6.07) is 18.7. The first-order chi connectivity index (χ1) is 13.5. The molecule has 6 heteroatoms. The van der Waals surface area contributed by atoms with E-state index in [0.29, 0.717) is 32.9 Å². The van der Waals surface area contributed by atoms with Crippen LogP contribution in [0.25, 0.3) is 0 Å². The number of anilines is 2. The molecule has 0 heterocycles. The van der Waals surface area contributed by atoms with E-state index in [1.165, 1.54) is 17.7 Å². The van der Waals surface area contributed by atoms with Crippen LogP contribution in [0.3, 0.4) is 0 Å². The fraction of sp³-hybridized carbons (Fsp3) is 0.136. The number of rotatable bonds is 6. The molecule has 0 saturated carbocycles. The van der Waals surface area contributed by atoms with Gasteiger partial charge in [-0.2, -0.15) is 0 Å². The van der Waals surface area contributed by atoms with E-state index >= 15 is 0 Å². The number of carbonyl (C=O) groups excluding carboxylic acids is 1. The minimum absolute atomic E-state index is 0.268. The second-order valence-electron chi connectivity index (χ2n) is 6.26. The summed E-state index contributed by atoms with van der Waals surface area (Å²) in [5, 5.41) is 7.21. The molecule has 0 aliphatic rings. The minimum Gasteiger partial charge on any atom is -0.381 e. The van der Waals surface area contributed by atoms with Crippen molar-refractivity contribution in [3.8, 4) is 0 Å². The Hall–Kier alpha value is -2.20. The normalized spacial score (nSPS) is 10.6. The fourth-order valence-electron chi connectivity index (χ4n) is 2.83. The van der Waals surface area contributed by atoms with Crippen LogP contribution in [0, 0.1) is 0 Å². The highest BCUT2D eigenvalue weighted by molar-refractivity contribution is 6.44. The summed E-state index contributed by atoms with van der Waals surface area (Å²) in [6.07, 6.45) is 0.954. The molecule has 0 fully saturated rings. The van der Waals surface area contributed by atoms with Crippen LogP contribution in [0.15, 0.2) is 60.7 Å². The van der Waals surface area contributed by atoms with E-state index in [-0.39, 0.29) is 5.91 Å². The van der Waals surface area contributed by atoms with Crippen molar-refractivity contribution in [1.82, 2.24) is 0 Å². The molecule has 0 saturated heterocycles. The first kappa shape index (κ1) is 20.5. The first-order valence-corrected chi connectivity index (χ1v) is 9.98. The molecule has 2 N–H and O–H groups in total. The van der Waals surface area contributed by atoms with E-state index in [1.807, 2.05) is 30.3 Å². The SMILES string of the molecule is CCc1ccccc1NCc1cccc(C(=O)Nc2cc(Cl)c(Cl)cc2Cl)c1. The van der Waals surface area contributed by atoms with Gasteiger partial charge in [0, 0.05) is 17.8 Å². The minimum atomic E-state index is -0.268. The lowest BCUT2D eigenvalue weighted by atomic mass is 10.1. The summed E-state index contributed by atoms with van der Waals surface area (Å²) in [5.74, 6) is -0.268. The monoisotopic (exact) mass is 432 g/mol. The maximum atomic E-state index is 12.6. The van der Waals surface area contributed by atoms with Gasteiger partial charge in [0.1, 0.15) is 0 Å². The molecule has 0 spiro atoms. The average molecular weight is 434 g/mol. The van der Waals surface area contributed by atoms with E-state index in [4.69, 9.17) is 34.8 Å². The quantitative estimate of drug-likeness (QED) is 0.408. The van der Waals surface area contributed by atoms with Crippen LogP contribution in [-0.4, -0.2) is 5.91 Å². The van der Waals surface area contributed by atoms with Crippen molar-refractivity contribution in [2.45, 2.75) is 19.9 Å². The highest BCUT2D eigenvalue weighted by atomic mass is 35.5. The summed E-state index contributed by atoms with van der Waals surface area (Å²) in [6.45, 7) is 2.74. The van der Waals surface area contributed by atoms with E-state index in [2.05, 4.69) is 29.7 Å². The summed E-state index contributed by atoms with van der Waals surface area (Å²) in [4.78, 5) is 12.6. The first-order valence-electron chi connectivity index (χ1n) is 8.84. The van der Waals surface area contributed by atoms with Crippen LogP contribution >= 0.6 is 34.8 Å². The van der Waals surface area contributed by atoms with E-state index < -0.39 is 0 Å². The number of benzene rings is 3. The molecular weight excluding hydrogens is 415 g/mol. The predicted molar refractivity (Wildman–Crippen MR) is 119 cm³/mol. The van der Waals surface area contributed by atoms with Crippen molar-refractivity contribution in [2.75, 3.05) is 10.6 Å². The molecular formula is C22H19Cl3N2O. The third-order valence-electron chi connectivity index (χ3n) is 4.33. The van der Waals surface area contributed by atoms with Gasteiger partial charge in [-0.1, -0.05) is 72.1 Å². The number of hydrogen-bond acceptors (Lipinski definition) is 2. The van der Waals surface area contributed by atoms with Gasteiger partial charge in [-0.3, -0.25) is 4.79 Å². The van der Waals surface area contributed by atoms with Gasteiger partial charge in [0.05, 0.1) is 20.8 Å². The molecule has 0 unspecified atom stereocenters. The van der Waals surface area contributed by atoms with Crippen molar-refractivity contribution in [2.24, 2.45) is 0 Å². The summed E-state index contributed by atoms with van der Waals surface area (Å²) in [7, 11) is 0. The zero-order valence-electron chi connectivity index (χ0n) is 15.2. The number of halogens is 3. The Morgan fingerprint density at radius 2 is 1.61 bits per heavy atom. The Kier molecular flexibility index (Phi) is 6.84. The van der Waals surface area contributed by atoms with E-state index in [9.17, 15) is 4.79 Å². The molecule has 3 nitrogen and oxygen atoms in total. The Balaban J connectivity index is 1.72. The Morgan fingerprint density at radius 1 is 0.857 bits per heavy atom. The van der Waals surface area contributed by atoms with Crippen LogP contribution < -0.4 is 10.6 Å². The van der Waals surface area contributed by atoms with E-state index in [0.717, 1.165) is 17.7 Å². The Labute approximate surface area is 179 Å². The van der Waals surface area contributed by atoms with Crippen molar-refractivity contribution in [1.29, 1.82) is 0 Å². The van der Waals surface area contributed by atoms with Gasteiger partial charge >= 0.3 is 0 Å². The van der Waals surface area contributed by atoms with Gasteiger partial charge in [-0.25, -0.2) is 0 Å². The molecule has 0 aliphatic carbocycles. The molecule has 144 valence electrons. The number of aryl methyl sites for hydroxylation is 1. The zero-order valence-corrected chi connectivity index (χ0v) is 17.5. The lowest BCUT2D eigenvalue weighted by Gasteiger charge is -2.12.